The number of nitrogens with zero attached hydrogens (tertiary/aromatic N) is 6. The Morgan fingerprint density at radius 3 is 1.00 bits per heavy atom. The second kappa shape index (κ2) is 21.5. The molecule has 10 aromatic carbocycles. The molecule has 0 aliphatic heterocycles. The van der Waals surface area contributed by atoms with E-state index in [1.165, 1.54) is 33.4 Å². The fraction of sp³-hybridized carbons (Fsp3) is 0.270. The molecule has 0 atom stereocenters. The average Bonchev–Trinajstić information content (AvgIpc) is 1.49. The van der Waals surface area contributed by atoms with Crippen LogP contribution in [-0.4, -0.2) is 23.7 Å². The van der Waals surface area contributed by atoms with Crippen molar-refractivity contribution in [2.75, 3.05) is 0 Å². The second-order valence-electron chi connectivity index (χ2n) is 33.1. The SMILES string of the molecule is CC(C)(C)c1ccc2c(c1)c1cc(C(C)(C)C)ccc1n2-c1c(-n2c3ccc(C(C)(C)C)cc3c3cc(C(C)(C)C)ccc32)c(-n2c3ccc(C(C)(C)C)cc3c3cc(C(C)(C)C)ccc32)c2c(oc3c(-c4cc(-c5ccccc5)nc(-c5ccccc5)n4)cccc32)c1C#N. The molecule has 96 heavy (non-hydrogen) atoms. The average molecular weight is 1260 g/mol. The fourth-order valence-corrected chi connectivity index (χ4v) is 14.6. The topological polar surface area (TPSA) is 77.5 Å². The number of para-hydroxylation sites is 1. The highest BCUT2D eigenvalue weighted by atomic mass is 16.3. The van der Waals surface area contributed by atoms with Gasteiger partial charge < -0.3 is 18.1 Å². The van der Waals surface area contributed by atoms with E-state index < -0.39 is 0 Å². The molecule has 5 heterocycles. The summed E-state index contributed by atoms with van der Waals surface area (Å²) < 4.78 is 15.3. The summed E-state index contributed by atoms with van der Waals surface area (Å²) in [6.45, 7) is 41.4. The monoisotopic (exact) mass is 1250 g/mol. The Bertz CT molecular complexity index is 5480. The van der Waals surface area contributed by atoms with Gasteiger partial charge in [0.1, 0.15) is 17.2 Å². The summed E-state index contributed by atoms with van der Waals surface area (Å²) in [5.41, 5.74) is 20.8. The van der Waals surface area contributed by atoms with Gasteiger partial charge in [0.15, 0.2) is 11.4 Å². The van der Waals surface area contributed by atoms with E-state index in [0.717, 1.165) is 116 Å². The minimum atomic E-state index is -0.157. The zero-order valence-electron chi connectivity index (χ0n) is 59.1. The molecule has 0 saturated carbocycles. The summed E-state index contributed by atoms with van der Waals surface area (Å²) in [6.07, 6.45) is 0. The van der Waals surface area contributed by atoms with Crippen molar-refractivity contribution in [1.82, 2.24) is 23.7 Å². The van der Waals surface area contributed by atoms with Gasteiger partial charge in [0.05, 0.1) is 66.9 Å². The predicted octanol–water partition coefficient (Wildman–Crippen LogP) is 24.3. The Kier molecular flexibility index (Phi) is 13.9. The highest BCUT2D eigenvalue weighted by Gasteiger charge is 2.36. The molecule has 478 valence electrons. The lowest BCUT2D eigenvalue weighted by molar-refractivity contribution is 0.590. The van der Waals surface area contributed by atoms with Gasteiger partial charge in [-0.25, -0.2) is 9.97 Å². The minimum absolute atomic E-state index is 0.153. The highest BCUT2D eigenvalue weighted by Crippen LogP contribution is 2.53. The lowest BCUT2D eigenvalue weighted by Crippen LogP contribution is -2.14. The number of fused-ring (bicyclic) bond motifs is 12. The normalized spacial score (nSPS) is 13.1. The van der Waals surface area contributed by atoms with Crippen molar-refractivity contribution in [1.29, 1.82) is 5.26 Å². The first-order valence-electron chi connectivity index (χ1n) is 34.1. The van der Waals surface area contributed by atoms with Gasteiger partial charge >= 0.3 is 0 Å². The molecule has 0 radical (unpaired) electrons. The van der Waals surface area contributed by atoms with Gasteiger partial charge in [0, 0.05) is 54.4 Å². The van der Waals surface area contributed by atoms with Gasteiger partial charge in [-0.1, -0.05) is 234 Å². The third kappa shape index (κ3) is 10.0. The van der Waals surface area contributed by atoms with Gasteiger partial charge in [-0.3, -0.25) is 0 Å². The Hall–Kier alpha value is -10.0. The molecular formula is C89H86N6O. The summed E-state index contributed by atoms with van der Waals surface area (Å²) >= 11 is 0. The van der Waals surface area contributed by atoms with E-state index in [9.17, 15) is 5.26 Å². The first-order chi connectivity index (χ1) is 45.4. The maximum atomic E-state index is 12.9. The van der Waals surface area contributed by atoms with Crippen LogP contribution in [0.1, 0.15) is 164 Å². The minimum Gasteiger partial charge on any atom is -0.454 e. The standard InChI is InChI=1S/C89H86N6O/c1-84(2,3)54-32-38-71-62(44-54)63-45-55(85(4,5)6)33-39-72(63)93(71)78-68(51-90)82-77(61-31-25-30-60(81(61)96-82)70-50-69(52-26-21-19-22-27-52)91-83(92-70)53-28-23-20-24-29-53)79(94-73-40-34-56(86(7,8)9)46-64(73)65-47-57(87(10,11)12)35-41-74(65)94)80(78)95-75-42-36-58(88(13,14)15)48-66(75)67-49-59(89(16,17)18)37-43-76(67)95/h19-50H,1-18H3. The molecule has 0 amide bonds. The van der Waals surface area contributed by atoms with E-state index >= 15 is 0 Å². The Morgan fingerprint density at radius 2 is 0.646 bits per heavy atom. The lowest BCUT2D eigenvalue weighted by atomic mass is 9.85. The molecule has 0 bridgehead atoms. The van der Waals surface area contributed by atoms with Gasteiger partial charge in [0.25, 0.3) is 0 Å². The summed E-state index contributed by atoms with van der Waals surface area (Å²) in [6, 6.07) is 74.6. The summed E-state index contributed by atoms with van der Waals surface area (Å²) in [7, 11) is 0. The van der Waals surface area contributed by atoms with E-state index in [1.807, 2.05) is 24.3 Å². The number of nitriles is 1. The second-order valence-corrected chi connectivity index (χ2v) is 33.1. The first-order valence-corrected chi connectivity index (χ1v) is 34.1. The number of benzene rings is 10. The van der Waals surface area contributed by atoms with Crippen molar-refractivity contribution >= 4 is 87.4 Å². The van der Waals surface area contributed by atoms with Crippen molar-refractivity contribution in [3.05, 3.63) is 233 Å². The molecule has 0 N–H and O–H groups in total. The zero-order chi connectivity index (χ0) is 67.7. The number of hydrogen-bond donors (Lipinski definition) is 0. The summed E-state index contributed by atoms with van der Waals surface area (Å²) in [5, 5.41) is 21.4. The zero-order valence-corrected chi connectivity index (χ0v) is 59.1. The van der Waals surface area contributed by atoms with E-state index in [0.29, 0.717) is 28.2 Å². The van der Waals surface area contributed by atoms with Gasteiger partial charge in [-0.05, 0) is 151 Å². The number of hydrogen-bond acceptors (Lipinski definition) is 4. The molecule has 0 fully saturated rings. The fourth-order valence-electron chi connectivity index (χ4n) is 14.6. The van der Waals surface area contributed by atoms with Crippen LogP contribution in [0.15, 0.2) is 199 Å². The van der Waals surface area contributed by atoms with Crippen LogP contribution in [0, 0.1) is 11.3 Å². The van der Waals surface area contributed by atoms with E-state index in [2.05, 4.69) is 314 Å². The number of rotatable bonds is 6. The first kappa shape index (κ1) is 62.1. The molecule has 7 heteroatoms. The quantitative estimate of drug-likeness (QED) is 0.166. The van der Waals surface area contributed by atoms with E-state index in [-0.39, 0.29) is 32.5 Å². The van der Waals surface area contributed by atoms with Crippen LogP contribution in [0.5, 0.6) is 0 Å². The van der Waals surface area contributed by atoms with E-state index in [1.54, 1.807) is 0 Å². The van der Waals surface area contributed by atoms with E-state index in [4.69, 9.17) is 14.4 Å². The maximum absolute atomic E-state index is 12.9. The third-order valence-electron chi connectivity index (χ3n) is 20.2. The Labute approximate surface area is 564 Å². The maximum Gasteiger partial charge on any atom is 0.160 e. The predicted molar refractivity (Wildman–Crippen MR) is 406 cm³/mol. The molecule has 0 spiro atoms. The molecule has 0 aliphatic rings. The summed E-state index contributed by atoms with van der Waals surface area (Å²) in [4.78, 5) is 10.7. The van der Waals surface area contributed by atoms with Crippen LogP contribution in [-0.2, 0) is 32.5 Å². The smallest absolute Gasteiger partial charge is 0.160 e. The molecular weight excluding hydrogens is 1170 g/mol. The molecule has 15 rings (SSSR count). The van der Waals surface area contributed by atoms with Gasteiger partial charge in [-0.15, -0.1) is 0 Å². The van der Waals surface area contributed by atoms with Crippen molar-refractivity contribution in [2.24, 2.45) is 0 Å². The Balaban J connectivity index is 1.24. The molecule has 0 unspecified atom stereocenters. The van der Waals surface area contributed by atoms with Crippen molar-refractivity contribution in [3.8, 4) is 57.0 Å². The van der Waals surface area contributed by atoms with Crippen LogP contribution in [0.3, 0.4) is 0 Å². The van der Waals surface area contributed by atoms with Crippen LogP contribution in [0.25, 0.3) is 138 Å². The van der Waals surface area contributed by atoms with Crippen LogP contribution in [0.2, 0.25) is 0 Å². The molecule has 15 aromatic rings. The van der Waals surface area contributed by atoms with Crippen LogP contribution >= 0.6 is 0 Å². The number of furan rings is 1. The van der Waals surface area contributed by atoms with Gasteiger partial charge in [0.2, 0.25) is 0 Å². The molecule has 5 aromatic heterocycles. The van der Waals surface area contributed by atoms with Crippen LogP contribution < -0.4 is 0 Å². The summed E-state index contributed by atoms with van der Waals surface area (Å²) in [5.74, 6) is 0.601. The Morgan fingerprint density at radius 1 is 0.312 bits per heavy atom. The van der Waals surface area contributed by atoms with Crippen LogP contribution in [0.4, 0.5) is 0 Å². The molecule has 0 saturated heterocycles. The lowest BCUT2D eigenvalue weighted by Gasteiger charge is -2.25. The highest BCUT2D eigenvalue weighted by molar-refractivity contribution is 6.22. The van der Waals surface area contributed by atoms with Crippen molar-refractivity contribution in [2.45, 2.75) is 157 Å². The largest absolute Gasteiger partial charge is 0.454 e. The van der Waals surface area contributed by atoms with Crippen molar-refractivity contribution < 1.29 is 4.42 Å². The number of aromatic nitrogens is 5. The van der Waals surface area contributed by atoms with Gasteiger partial charge in [-0.2, -0.15) is 5.26 Å². The third-order valence-corrected chi connectivity index (χ3v) is 20.2. The molecule has 7 nitrogen and oxygen atoms in total. The molecule has 0 aliphatic carbocycles. The van der Waals surface area contributed by atoms with Crippen molar-refractivity contribution in [3.63, 3.8) is 0 Å².